The number of carbonyl (C=O) groups excluding carboxylic acids is 1. The van der Waals surface area contributed by atoms with Crippen molar-refractivity contribution in [1.29, 1.82) is 0 Å². The Morgan fingerprint density at radius 2 is 1.86 bits per heavy atom. The molecule has 2 N–H and O–H groups in total. The Hall–Kier alpha value is -2.51. The van der Waals surface area contributed by atoms with E-state index in [2.05, 4.69) is 5.32 Å². The third-order valence-electron chi connectivity index (χ3n) is 5.11. The predicted molar refractivity (Wildman–Crippen MR) is 105 cm³/mol. The predicted octanol–water partition coefficient (Wildman–Crippen LogP) is 2.88. The molecule has 1 heterocycles. The van der Waals surface area contributed by atoms with Crippen LogP contribution in [-0.2, 0) is 11.3 Å². The number of halogens is 2. The van der Waals surface area contributed by atoms with Crippen molar-refractivity contribution in [2.24, 2.45) is 0 Å². The zero-order chi connectivity index (χ0) is 20.7. The van der Waals surface area contributed by atoms with Crippen molar-refractivity contribution in [1.82, 2.24) is 10.2 Å². The van der Waals surface area contributed by atoms with Crippen molar-refractivity contribution in [3.63, 3.8) is 0 Å². The van der Waals surface area contributed by atoms with Gasteiger partial charge < -0.3 is 15.2 Å². The first-order valence-electron chi connectivity index (χ1n) is 9.77. The summed E-state index contributed by atoms with van der Waals surface area (Å²) in [6.45, 7) is 1.81. The lowest BCUT2D eigenvalue weighted by Gasteiger charge is -2.27. The summed E-state index contributed by atoms with van der Waals surface area (Å²) in [6, 6.07) is 12.1. The van der Waals surface area contributed by atoms with Gasteiger partial charge >= 0.3 is 0 Å². The Bertz CT molecular complexity index is 816. The van der Waals surface area contributed by atoms with E-state index < -0.39 is 11.4 Å². The van der Waals surface area contributed by atoms with Gasteiger partial charge in [0.05, 0.1) is 12.1 Å². The maximum Gasteiger partial charge on any atom is 0.234 e. The number of hydrogen-bond donors (Lipinski definition) is 2. The van der Waals surface area contributed by atoms with Crippen molar-refractivity contribution in [3.8, 4) is 5.75 Å². The Balaban J connectivity index is 1.44. The van der Waals surface area contributed by atoms with Crippen LogP contribution in [0.3, 0.4) is 0 Å². The molecular weight excluding hydrogens is 378 g/mol. The van der Waals surface area contributed by atoms with Crippen LogP contribution in [0.25, 0.3) is 0 Å². The Morgan fingerprint density at radius 1 is 1.10 bits per heavy atom. The zero-order valence-corrected chi connectivity index (χ0v) is 16.2. The third kappa shape index (κ3) is 6.51. The summed E-state index contributed by atoms with van der Waals surface area (Å²) < 4.78 is 32.1. The molecule has 0 radical (unpaired) electrons. The fourth-order valence-electron chi connectivity index (χ4n) is 3.37. The number of nitrogens with zero attached hydrogens (tertiary/aromatic N) is 1. The van der Waals surface area contributed by atoms with Gasteiger partial charge in [-0.1, -0.05) is 24.3 Å². The van der Waals surface area contributed by atoms with Gasteiger partial charge in [-0.3, -0.25) is 9.69 Å². The van der Waals surface area contributed by atoms with Crippen LogP contribution in [0, 0.1) is 11.6 Å². The van der Waals surface area contributed by atoms with Gasteiger partial charge in [-0.15, -0.1) is 0 Å². The number of rotatable bonds is 7. The van der Waals surface area contributed by atoms with Gasteiger partial charge in [-0.2, -0.15) is 0 Å². The molecule has 1 unspecified atom stereocenters. The van der Waals surface area contributed by atoms with E-state index in [-0.39, 0.29) is 30.6 Å². The molecule has 1 saturated heterocycles. The first-order chi connectivity index (χ1) is 13.9. The van der Waals surface area contributed by atoms with Crippen molar-refractivity contribution in [3.05, 3.63) is 65.7 Å². The van der Waals surface area contributed by atoms with Crippen LogP contribution >= 0.6 is 0 Å². The maximum absolute atomic E-state index is 13.7. The second-order valence-corrected chi connectivity index (χ2v) is 7.48. The molecule has 0 aliphatic carbocycles. The molecule has 1 aliphatic heterocycles. The fourth-order valence-corrected chi connectivity index (χ4v) is 3.37. The topological polar surface area (TPSA) is 61.8 Å². The first kappa shape index (κ1) is 21.2. The molecule has 1 atom stereocenters. The second-order valence-electron chi connectivity index (χ2n) is 7.48. The highest BCUT2D eigenvalue weighted by atomic mass is 19.1. The lowest BCUT2D eigenvalue weighted by atomic mass is 9.96. The van der Waals surface area contributed by atoms with Gasteiger partial charge in [0.15, 0.2) is 11.6 Å². The summed E-state index contributed by atoms with van der Waals surface area (Å²) in [5, 5.41) is 13.7. The van der Waals surface area contributed by atoms with Crippen molar-refractivity contribution in [2.45, 2.75) is 31.4 Å². The molecule has 1 amide bonds. The van der Waals surface area contributed by atoms with E-state index in [1.807, 2.05) is 4.90 Å². The van der Waals surface area contributed by atoms with Gasteiger partial charge in [0, 0.05) is 13.1 Å². The van der Waals surface area contributed by atoms with E-state index in [4.69, 9.17) is 4.74 Å². The van der Waals surface area contributed by atoms with Crippen LogP contribution in [0.15, 0.2) is 48.5 Å². The van der Waals surface area contributed by atoms with E-state index in [0.717, 1.165) is 5.56 Å². The minimum absolute atomic E-state index is 0.0124. The Morgan fingerprint density at radius 3 is 2.62 bits per heavy atom. The quantitative estimate of drug-likeness (QED) is 0.745. The summed E-state index contributed by atoms with van der Waals surface area (Å²) in [5.74, 6) is -0.759. The number of nitrogens with one attached hydrogen (secondary N) is 1. The highest BCUT2D eigenvalue weighted by molar-refractivity contribution is 5.78. The van der Waals surface area contributed by atoms with E-state index in [1.54, 1.807) is 24.3 Å². The van der Waals surface area contributed by atoms with Gasteiger partial charge in [0.2, 0.25) is 5.91 Å². The molecule has 0 aromatic heterocycles. The minimum Gasteiger partial charge on any atom is -0.488 e. The molecule has 1 aliphatic rings. The average Bonchev–Trinajstić information content (AvgIpc) is 2.89. The molecule has 0 bridgehead atoms. The van der Waals surface area contributed by atoms with Crippen molar-refractivity contribution in [2.75, 3.05) is 26.2 Å². The standard InChI is InChI=1S/C22H26F2N2O3/c23-18-8-6-17(7-9-18)14-25-21(27)15-26-12-3-10-22(28,11-13-26)16-29-20-5-2-1-4-19(20)24/h1-2,4-9,28H,3,10-16H2,(H,25,27). The van der Waals surface area contributed by atoms with E-state index >= 15 is 0 Å². The normalized spacial score (nSPS) is 20.1. The van der Waals surface area contributed by atoms with Crippen LogP contribution in [-0.4, -0.2) is 47.8 Å². The largest absolute Gasteiger partial charge is 0.488 e. The number of hydrogen-bond acceptors (Lipinski definition) is 4. The smallest absolute Gasteiger partial charge is 0.234 e. The molecular formula is C22H26F2N2O3. The highest BCUT2D eigenvalue weighted by Gasteiger charge is 2.31. The van der Waals surface area contributed by atoms with Gasteiger partial charge in [0.25, 0.3) is 0 Å². The first-order valence-corrected chi connectivity index (χ1v) is 9.77. The van der Waals surface area contributed by atoms with Crippen LogP contribution < -0.4 is 10.1 Å². The van der Waals surface area contributed by atoms with Crippen LogP contribution in [0.2, 0.25) is 0 Å². The molecule has 29 heavy (non-hydrogen) atoms. The lowest BCUT2D eigenvalue weighted by molar-refractivity contribution is -0.122. The lowest BCUT2D eigenvalue weighted by Crippen LogP contribution is -2.40. The van der Waals surface area contributed by atoms with Crippen molar-refractivity contribution >= 4 is 5.91 Å². The summed E-state index contributed by atoms with van der Waals surface area (Å²) in [4.78, 5) is 14.2. The molecule has 3 rings (SSSR count). The molecule has 156 valence electrons. The van der Waals surface area contributed by atoms with Gasteiger partial charge in [0.1, 0.15) is 12.4 Å². The zero-order valence-electron chi connectivity index (χ0n) is 16.2. The molecule has 1 fully saturated rings. The number of para-hydroxylation sites is 1. The Kier molecular flexibility index (Phi) is 7.17. The molecule has 2 aromatic rings. The number of carbonyl (C=O) groups is 1. The minimum atomic E-state index is -1.05. The fraction of sp³-hybridized carbons (Fsp3) is 0.409. The third-order valence-corrected chi connectivity index (χ3v) is 5.11. The summed E-state index contributed by atoms with van der Waals surface area (Å²) in [7, 11) is 0. The Labute approximate surface area is 169 Å². The number of amides is 1. The van der Waals surface area contributed by atoms with Crippen LogP contribution in [0.5, 0.6) is 5.75 Å². The molecule has 0 spiro atoms. The monoisotopic (exact) mass is 404 g/mol. The van der Waals surface area contributed by atoms with Crippen molar-refractivity contribution < 1.29 is 23.4 Å². The number of benzene rings is 2. The molecule has 0 saturated carbocycles. The van der Waals surface area contributed by atoms with Gasteiger partial charge in [-0.25, -0.2) is 8.78 Å². The van der Waals surface area contributed by atoms with E-state index in [1.165, 1.54) is 24.3 Å². The maximum atomic E-state index is 13.7. The van der Waals surface area contributed by atoms with Crippen LogP contribution in [0.4, 0.5) is 8.78 Å². The highest BCUT2D eigenvalue weighted by Crippen LogP contribution is 2.25. The molecule has 2 aromatic carbocycles. The molecule has 7 heteroatoms. The SMILES string of the molecule is O=C(CN1CCCC(O)(COc2ccccc2F)CC1)NCc1ccc(F)cc1. The molecule has 5 nitrogen and oxygen atoms in total. The van der Waals surface area contributed by atoms with E-state index in [0.29, 0.717) is 38.9 Å². The number of ether oxygens (including phenoxy) is 1. The number of aliphatic hydroxyl groups is 1. The average molecular weight is 404 g/mol. The van der Waals surface area contributed by atoms with E-state index in [9.17, 15) is 18.7 Å². The second kappa shape index (κ2) is 9.80. The van der Waals surface area contributed by atoms with Crippen LogP contribution in [0.1, 0.15) is 24.8 Å². The summed E-state index contributed by atoms with van der Waals surface area (Å²) in [5.41, 5.74) is -0.225. The number of likely N-dealkylation sites (tertiary alicyclic amines) is 1. The van der Waals surface area contributed by atoms with Gasteiger partial charge in [-0.05, 0) is 55.6 Å². The summed E-state index contributed by atoms with van der Waals surface area (Å²) >= 11 is 0. The summed E-state index contributed by atoms with van der Waals surface area (Å²) in [6.07, 6.45) is 1.67.